The first-order valence-electron chi connectivity index (χ1n) is 12.6. The van der Waals surface area contributed by atoms with Gasteiger partial charge in [0.15, 0.2) is 0 Å². The Hall–Kier alpha value is -5.22. The summed E-state index contributed by atoms with van der Waals surface area (Å²) in [4.78, 5) is 9.37. The first-order valence-corrected chi connectivity index (χ1v) is 12.6. The average molecular weight is 490 g/mol. The molecule has 0 N–H and O–H groups in total. The van der Waals surface area contributed by atoms with Crippen LogP contribution < -0.4 is 4.74 Å². The van der Waals surface area contributed by atoms with Crippen molar-refractivity contribution in [3.8, 4) is 39.8 Å². The summed E-state index contributed by atoms with van der Waals surface area (Å²) < 4.78 is 8.43. The van der Waals surface area contributed by atoms with Crippen LogP contribution in [0.25, 0.3) is 50.0 Å². The minimum Gasteiger partial charge on any atom is -0.439 e. The van der Waals surface area contributed by atoms with Gasteiger partial charge in [-0.3, -0.25) is 4.57 Å². The van der Waals surface area contributed by atoms with Crippen LogP contribution in [-0.4, -0.2) is 14.5 Å². The highest BCUT2D eigenvalue weighted by Gasteiger charge is 2.14. The van der Waals surface area contributed by atoms with Crippen LogP contribution in [-0.2, 0) is 0 Å². The van der Waals surface area contributed by atoms with Gasteiger partial charge in [0.1, 0.15) is 11.6 Å². The number of hydrogen-bond donors (Lipinski definition) is 0. The van der Waals surface area contributed by atoms with Crippen molar-refractivity contribution in [3.63, 3.8) is 0 Å². The summed E-state index contributed by atoms with van der Waals surface area (Å²) in [6.45, 7) is 0. The molecule has 0 atom stereocenters. The smallest absolute Gasteiger partial charge is 0.219 e. The predicted octanol–water partition coefficient (Wildman–Crippen LogP) is 8.70. The lowest BCUT2D eigenvalue weighted by molar-refractivity contribution is 0.464. The van der Waals surface area contributed by atoms with Gasteiger partial charge in [0.05, 0.1) is 16.7 Å². The highest BCUT2D eigenvalue weighted by atomic mass is 16.5. The van der Waals surface area contributed by atoms with Crippen LogP contribution in [0, 0.1) is 0 Å². The van der Waals surface area contributed by atoms with Crippen LogP contribution >= 0.6 is 0 Å². The fourth-order valence-electron chi connectivity index (χ4n) is 4.98. The minimum absolute atomic E-state index is 0.564. The standard InChI is InChI=1S/C34H23N3O/c1-2-10-24(11-3-1)30-15-9-18-34(36-30)38-27-13-8-12-25(22-27)26-19-20-29-28-14-4-5-16-31(28)37(32(29)23-26)33-17-6-7-21-35-33/h1-23H. The van der Waals surface area contributed by atoms with Crippen LogP contribution in [0.15, 0.2) is 140 Å². The molecule has 38 heavy (non-hydrogen) atoms. The van der Waals surface area contributed by atoms with E-state index in [1.807, 2.05) is 85.1 Å². The van der Waals surface area contributed by atoms with Crippen molar-refractivity contribution in [2.24, 2.45) is 0 Å². The third kappa shape index (κ3) is 3.98. The Morgan fingerprint density at radius 2 is 1.29 bits per heavy atom. The zero-order chi connectivity index (χ0) is 25.3. The molecule has 0 saturated carbocycles. The number of benzene rings is 4. The fourth-order valence-corrected chi connectivity index (χ4v) is 4.98. The van der Waals surface area contributed by atoms with E-state index in [1.54, 1.807) is 0 Å². The Labute approximate surface area is 220 Å². The molecule has 0 amide bonds. The molecule has 4 nitrogen and oxygen atoms in total. The maximum absolute atomic E-state index is 6.20. The van der Waals surface area contributed by atoms with Gasteiger partial charge in [-0.1, -0.05) is 84.9 Å². The number of rotatable bonds is 5. The van der Waals surface area contributed by atoms with Crippen LogP contribution in [0.2, 0.25) is 0 Å². The van der Waals surface area contributed by atoms with Gasteiger partial charge in [-0.15, -0.1) is 0 Å². The monoisotopic (exact) mass is 489 g/mol. The van der Waals surface area contributed by atoms with Gasteiger partial charge in [0.25, 0.3) is 0 Å². The largest absolute Gasteiger partial charge is 0.439 e. The number of hydrogen-bond acceptors (Lipinski definition) is 3. The molecule has 0 fully saturated rings. The summed E-state index contributed by atoms with van der Waals surface area (Å²) >= 11 is 0. The molecule has 0 spiro atoms. The zero-order valence-electron chi connectivity index (χ0n) is 20.5. The Bertz CT molecular complexity index is 1890. The van der Waals surface area contributed by atoms with Crippen molar-refractivity contribution in [2.75, 3.05) is 0 Å². The van der Waals surface area contributed by atoms with Crippen molar-refractivity contribution in [3.05, 3.63) is 140 Å². The lowest BCUT2D eigenvalue weighted by atomic mass is 10.0. The number of fused-ring (bicyclic) bond motifs is 3. The van der Waals surface area contributed by atoms with E-state index in [2.05, 4.69) is 64.1 Å². The van der Waals surface area contributed by atoms with Gasteiger partial charge in [0.2, 0.25) is 5.88 Å². The Morgan fingerprint density at radius 1 is 0.526 bits per heavy atom. The van der Waals surface area contributed by atoms with E-state index in [-0.39, 0.29) is 0 Å². The highest BCUT2D eigenvalue weighted by Crippen LogP contribution is 2.35. The van der Waals surface area contributed by atoms with Crippen molar-refractivity contribution in [2.45, 2.75) is 0 Å². The molecule has 0 radical (unpaired) electrons. The molecule has 4 heteroatoms. The summed E-state index contributed by atoms with van der Waals surface area (Å²) in [6, 6.07) is 45.2. The van der Waals surface area contributed by atoms with Crippen LogP contribution in [0.3, 0.4) is 0 Å². The molecule has 0 unspecified atom stereocenters. The maximum atomic E-state index is 6.20. The van der Waals surface area contributed by atoms with E-state index in [0.29, 0.717) is 5.88 Å². The lowest BCUT2D eigenvalue weighted by Crippen LogP contribution is -1.96. The molecule has 0 saturated heterocycles. The first-order chi connectivity index (χ1) is 18.8. The van der Waals surface area contributed by atoms with E-state index in [0.717, 1.165) is 45.0 Å². The summed E-state index contributed by atoms with van der Waals surface area (Å²) in [6.07, 6.45) is 1.83. The van der Waals surface area contributed by atoms with Gasteiger partial charge in [-0.25, -0.2) is 9.97 Å². The van der Waals surface area contributed by atoms with E-state index in [1.165, 1.54) is 10.8 Å². The second-order valence-electron chi connectivity index (χ2n) is 9.13. The molecule has 180 valence electrons. The van der Waals surface area contributed by atoms with Gasteiger partial charge < -0.3 is 4.74 Å². The highest BCUT2D eigenvalue weighted by molar-refractivity contribution is 6.10. The molecule has 4 aromatic carbocycles. The summed E-state index contributed by atoms with van der Waals surface area (Å²) in [5.41, 5.74) is 6.37. The molecular formula is C34H23N3O. The number of aromatic nitrogens is 3. The van der Waals surface area contributed by atoms with E-state index in [9.17, 15) is 0 Å². The Balaban J connectivity index is 1.28. The molecule has 0 aliphatic heterocycles. The summed E-state index contributed by atoms with van der Waals surface area (Å²) in [5.74, 6) is 2.21. The number of ether oxygens (including phenoxy) is 1. The molecule has 0 bridgehead atoms. The molecule has 3 aromatic heterocycles. The minimum atomic E-state index is 0.564. The SMILES string of the molecule is c1ccc(-c2cccc(Oc3cccc(-c4ccc5c6ccccc6n(-c6ccccn6)c5c4)c3)n2)cc1. The summed E-state index contributed by atoms with van der Waals surface area (Å²) in [7, 11) is 0. The van der Waals surface area contributed by atoms with Crippen molar-refractivity contribution < 1.29 is 4.74 Å². The second kappa shape index (κ2) is 9.34. The summed E-state index contributed by atoms with van der Waals surface area (Å²) in [5, 5.41) is 2.41. The molecule has 0 aliphatic carbocycles. The number of pyridine rings is 2. The predicted molar refractivity (Wildman–Crippen MR) is 154 cm³/mol. The topological polar surface area (TPSA) is 39.9 Å². The van der Waals surface area contributed by atoms with Gasteiger partial charge >= 0.3 is 0 Å². The van der Waals surface area contributed by atoms with Gasteiger partial charge in [0, 0.05) is 28.6 Å². The number of nitrogens with zero attached hydrogens (tertiary/aromatic N) is 3. The van der Waals surface area contributed by atoms with E-state index < -0.39 is 0 Å². The van der Waals surface area contributed by atoms with Crippen molar-refractivity contribution in [1.29, 1.82) is 0 Å². The Kier molecular flexibility index (Phi) is 5.41. The van der Waals surface area contributed by atoms with Crippen LogP contribution in [0.5, 0.6) is 11.6 Å². The maximum Gasteiger partial charge on any atom is 0.219 e. The molecule has 0 aliphatic rings. The third-order valence-electron chi connectivity index (χ3n) is 6.74. The van der Waals surface area contributed by atoms with Crippen LogP contribution in [0.1, 0.15) is 0 Å². The zero-order valence-corrected chi connectivity index (χ0v) is 20.5. The second-order valence-corrected chi connectivity index (χ2v) is 9.13. The first kappa shape index (κ1) is 22.0. The third-order valence-corrected chi connectivity index (χ3v) is 6.74. The lowest BCUT2D eigenvalue weighted by Gasteiger charge is -2.10. The Morgan fingerprint density at radius 3 is 2.18 bits per heavy atom. The fraction of sp³-hybridized carbons (Fsp3) is 0. The number of para-hydroxylation sites is 1. The normalized spacial score (nSPS) is 11.2. The van der Waals surface area contributed by atoms with Crippen LogP contribution in [0.4, 0.5) is 0 Å². The quantitative estimate of drug-likeness (QED) is 0.243. The molecule has 7 aromatic rings. The molecule has 3 heterocycles. The van der Waals surface area contributed by atoms with Crippen molar-refractivity contribution >= 4 is 21.8 Å². The average Bonchev–Trinajstić information content (AvgIpc) is 3.32. The molecular weight excluding hydrogens is 466 g/mol. The van der Waals surface area contributed by atoms with Gasteiger partial charge in [-0.05, 0) is 53.6 Å². The van der Waals surface area contributed by atoms with Gasteiger partial charge in [-0.2, -0.15) is 0 Å². The van der Waals surface area contributed by atoms with E-state index in [4.69, 9.17) is 9.72 Å². The van der Waals surface area contributed by atoms with Crippen molar-refractivity contribution in [1.82, 2.24) is 14.5 Å². The van der Waals surface area contributed by atoms with E-state index >= 15 is 0 Å². The molecule has 7 rings (SSSR count).